The van der Waals surface area contributed by atoms with Crippen molar-refractivity contribution in [2.24, 2.45) is 11.5 Å². The van der Waals surface area contributed by atoms with Gasteiger partial charge in [0, 0.05) is 18.4 Å². The van der Waals surface area contributed by atoms with E-state index in [0.29, 0.717) is 17.8 Å². The second-order valence-electron chi connectivity index (χ2n) is 4.21. The Morgan fingerprint density at radius 2 is 2.33 bits per heavy atom. The standard InChI is InChI=1S/C12H15N5O/c1-8(13)5-9-3-2-4-15-12(9)17-7-10(6-16-17)11(14)18/h2-4,6-8H,5,13H2,1H3,(H2,14,18). The summed E-state index contributed by atoms with van der Waals surface area (Å²) in [6, 6.07) is 3.82. The van der Waals surface area contributed by atoms with Crippen LogP contribution in [0.4, 0.5) is 0 Å². The molecule has 2 aromatic rings. The Kier molecular flexibility index (Phi) is 3.38. The van der Waals surface area contributed by atoms with E-state index in [-0.39, 0.29) is 6.04 Å². The van der Waals surface area contributed by atoms with Crippen LogP contribution in [0.5, 0.6) is 0 Å². The van der Waals surface area contributed by atoms with Crippen LogP contribution in [-0.2, 0) is 6.42 Å². The maximum absolute atomic E-state index is 11.0. The smallest absolute Gasteiger partial charge is 0.251 e. The van der Waals surface area contributed by atoms with Crippen molar-refractivity contribution in [3.05, 3.63) is 41.9 Å². The first kappa shape index (κ1) is 12.3. The van der Waals surface area contributed by atoms with E-state index in [9.17, 15) is 4.79 Å². The lowest BCUT2D eigenvalue weighted by molar-refractivity contribution is 0.100. The topological polar surface area (TPSA) is 99.8 Å². The van der Waals surface area contributed by atoms with Crippen molar-refractivity contribution in [2.75, 3.05) is 0 Å². The number of aromatic nitrogens is 3. The third-order valence-corrected chi connectivity index (χ3v) is 2.49. The maximum atomic E-state index is 11.0. The summed E-state index contributed by atoms with van der Waals surface area (Å²) < 4.78 is 1.54. The average molecular weight is 245 g/mol. The van der Waals surface area contributed by atoms with Gasteiger partial charge in [0.1, 0.15) is 0 Å². The van der Waals surface area contributed by atoms with Crippen molar-refractivity contribution in [1.82, 2.24) is 14.8 Å². The van der Waals surface area contributed by atoms with Crippen LogP contribution < -0.4 is 11.5 Å². The molecule has 0 bridgehead atoms. The van der Waals surface area contributed by atoms with Crippen LogP contribution >= 0.6 is 0 Å². The molecule has 2 rings (SSSR count). The molecule has 6 heteroatoms. The minimum Gasteiger partial charge on any atom is -0.366 e. The van der Waals surface area contributed by atoms with Crippen molar-refractivity contribution >= 4 is 5.91 Å². The largest absolute Gasteiger partial charge is 0.366 e. The van der Waals surface area contributed by atoms with Gasteiger partial charge < -0.3 is 11.5 Å². The molecule has 4 N–H and O–H groups in total. The molecule has 0 saturated heterocycles. The zero-order valence-electron chi connectivity index (χ0n) is 10.1. The van der Waals surface area contributed by atoms with Crippen LogP contribution in [0.15, 0.2) is 30.7 Å². The summed E-state index contributed by atoms with van der Waals surface area (Å²) in [7, 11) is 0. The Labute approximate surface area is 105 Å². The van der Waals surface area contributed by atoms with E-state index in [2.05, 4.69) is 10.1 Å². The van der Waals surface area contributed by atoms with Gasteiger partial charge >= 0.3 is 0 Å². The zero-order chi connectivity index (χ0) is 13.1. The molecule has 0 saturated carbocycles. The number of carbonyl (C=O) groups excluding carboxylic acids is 1. The Morgan fingerprint density at radius 3 is 2.94 bits per heavy atom. The van der Waals surface area contributed by atoms with Gasteiger partial charge in [-0.05, 0) is 25.0 Å². The fraction of sp³-hybridized carbons (Fsp3) is 0.250. The summed E-state index contributed by atoms with van der Waals surface area (Å²) in [4.78, 5) is 15.3. The summed E-state index contributed by atoms with van der Waals surface area (Å²) in [6.45, 7) is 1.93. The Balaban J connectivity index is 2.39. The summed E-state index contributed by atoms with van der Waals surface area (Å²) >= 11 is 0. The van der Waals surface area contributed by atoms with Crippen LogP contribution in [0.2, 0.25) is 0 Å². The summed E-state index contributed by atoms with van der Waals surface area (Å²) in [5.41, 5.74) is 12.3. The van der Waals surface area contributed by atoms with Crippen molar-refractivity contribution in [3.8, 4) is 5.82 Å². The molecule has 1 unspecified atom stereocenters. The summed E-state index contributed by atoms with van der Waals surface area (Å²) in [6.07, 6.45) is 5.35. The summed E-state index contributed by atoms with van der Waals surface area (Å²) in [5.74, 6) is 0.160. The lowest BCUT2D eigenvalue weighted by Crippen LogP contribution is -2.19. The first-order valence-electron chi connectivity index (χ1n) is 5.62. The minimum absolute atomic E-state index is 0.0270. The number of hydrogen-bond donors (Lipinski definition) is 2. The molecule has 0 aromatic carbocycles. The minimum atomic E-state index is -0.508. The third kappa shape index (κ3) is 2.54. The van der Waals surface area contributed by atoms with Crippen molar-refractivity contribution < 1.29 is 4.79 Å². The molecule has 6 nitrogen and oxygen atoms in total. The number of amides is 1. The molecule has 0 spiro atoms. The highest BCUT2D eigenvalue weighted by Gasteiger charge is 2.10. The van der Waals surface area contributed by atoms with E-state index < -0.39 is 5.91 Å². The Morgan fingerprint density at radius 1 is 1.56 bits per heavy atom. The number of hydrogen-bond acceptors (Lipinski definition) is 4. The third-order valence-electron chi connectivity index (χ3n) is 2.49. The Bertz CT molecular complexity index is 561. The van der Waals surface area contributed by atoms with Gasteiger partial charge in [0.25, 0.3) is 5.91 Å². The highest BCUT2D eigenvalue weighted by Crippen LogP contribution is 2.13. The second-order valence-corrected chi connectivity index (χ2v) is 4.21. The van der Waals surface area contributed by atoms with Crippen molar-refractivity contribution in [3.63, 3.8) is 0 Å². The highest BCUT2D eigenvalue weighted by atomic mass is 16.1. The van der Waals surface area contributed by atoms with E-state index >= 15 is 0 Å². The highest BCUT2D eigenvalue weighted by molar-refractivity contribution is 5.92. The van der Waals surface area contributed by atoms with Crippen molar-refractivity contribution in [1.29, 1.82) is 0 Å². The lowest BCUT2D eigenvalue weighted by atomic mass is 10.1. The molecular weight excluding hydrogens is 230 g/mol. The van der Waals surface area contributed by atoms with Gasteiger partial charge in [0.2, 0.25) is 0 Å². The molecule has 2 aromatic heterocycles. The molecule has 0 radical (unpaired) electrons. The molecule has 94 valence electrons. The number of pyridine rings is 1. The number of primary amides is 1. The molecule has 1 amide bonds. The second kappa shape index (κ2) is 4.97. The molecule has 2 heterocycles. The van der Waals surface area contributed by atoms with Gasteiger partial charge in [-0.25, -0.2) is 9.67 Å². The van der Waals surface area contributed by atoms with Crippen LogP contribution in [0, 0.1) is 0 Å². The van der Waals surface area contributed by atoms with Crippen LogP contribution in [0.1, 0.15) is 22.8 Å². The van der Waals surface area contributed by atoms with Gasteiger partial charge in [-0.2, -0.15) is 5.10 Å². The van der Waals surface area contributed by atoms with Gasteiger partial charge in [-0.3, -0.25) is 4.79 Å². The number of nitrogens with zero attached hydrogens (tertiary/aromatic N) is 3. The van der Waals surface area contributed by atoms with E-state index in [1.165, 1.54) is 10.9 Å². The molecule has 18 heavy (non-hydrogen) atoms. The fourth-order valence-electron chi connectivity index (χ4n) is 1.71. The normalized spacial score (nSPS) is 12.3. The van der Waals surface area contributed by atoms with Crippen molar-refractivity contribution in [2.45, 2.75) is 19.4 Å². The first-order valence-corrected chi connectivity index (χ1v) is 5.62. The van der Waals surface area contributed by atoms with E-state index in [1.54, 1.807) is 12.4 Å². The number of nitrogens with two attached hydrogens (primary N) is 2. The first-order chi connectivity index (χ1) is 8.58. The predicted molar refractivity (Wildman–Crippen MR) is 67.2 cm³/mol. The average Bonchev–Trinajstić information content (AvgIpc) is 2.78. The van der Waals surface area contributed by atoms with Gasteiger partial charge in [-0.1, -0.05) is 6.07 Å². The van der Waals surface area contributed by atoms with E-state index in [0.717, 1.165) is 5.56 Å². The predicted octanol–water partition coefficient (Wildman–Crippen LogP) is 0.256. The van der Waals surface area contributed by atoms with E-state index in [1.807, 2.05) is 19.1 Å². The Hall–Kier alpha value is -2.21. The molecule has 0 aliphatic heterocycles. The van der Waals surface area contributed by atoms with Crippen LogP contribution in [0.3, 0.4) is 0 Å². The van der Waals surface area contributed by atoms with Crippen LogP contribution in [-0.4, -0.2) is 26.7 Å². The van der Waals surface area contributed by atoms with Gasteiger partial charge in [-0.15, -0.1) is 0 Å². The molecular formula is C12H15N5O. The molecule has 1 atom stereocenters. The molecule has 0 fully saturated rings. The van der Waals surface area contributed by atoms with E-state index in [4.69, 9.17) is 11.5 Å². The number of rotatable bonds is 4. The molecule has 0 aliphatic rings. The maximum Gasteiger partial charge on any atom is 0.251 e. The van der Waals surface area contributed by atoms with Gasteiger partial charge in [0.05, 0.1) is 11.8 Å². The molecule has 0 aliphatic carbocycles. The SMILES string of the molecule is CC(N)Cc1cccnc1-n1cc(C(N)=O)cn1. The zero-order valence-corrected chi connectivity index (χ0v) is 10.1. The quantitative estimate of drug-likeness (QED) is 0.806. The van der Waals surface area contributed by atoms with Gasteiger partial charge in [0.15, 0.2) is 5.82 Å². The van der Waals surface area contributed by atoms with Crippen LogP contribution in [0.25, 0.3) is 5.82 Å². The lowest BCUT2D eigenvalue weighted by Gasteiger charge is -2.10. The fourth-order valence-corrected chi connectivity index (χ4v) is 1.71. The summed E-state index contributed by atoms with van der Waals surface area (Å²) in [5, 5.41) is 4.09. The number of carbonyl (C=O) groups is 1. The monoisotopic (exact) mass is 245 g/mol.